The maximum absolute atomic E-state index is 5.32. The van der Waals surface area contributed by atoms with Gasteiger partial charge in [0.15, 0.2) is 17.3 Å². The Labute approximate surface area is 147 Å². The van der Waals surface area contributed by atoms with Gasteiger partial charge < -0.3 is 9.47 Å². The molecule has 25 heavy (non-hydrogen) atoms. The smallest absolute Gasteiger partial charge is 0.183 e. The van der Waals surface area contributed by atoms with Crippen molar-refractivity contribution in [2.45, 2.75) is 26.7 Å². The van der Waals surface area contributed by atoms with E-state index in [9.17, 15) is 0 Å². The lowest BCUT2D eigenvalue weighted by atomic mass is 10.1. The summed E-state index contributed by atoms with van der Waals surface area (Å²) in [7, 11) is 3.21. The predicted molar refractivity (Wildman–Crippen MR) is 97.7 cm³/mol. The number of ether oxygens (including phenoxy) is 2. The molecule has 0 aliphatic carbocycles. The Morgan fingerprint density at radius 2 is 1.76 bits per heavy atom. The highest BCUT2D eigenvalue weighted by atomic mass is 16.5. The largest absolute Gasteiger partial charge is 0.493 e. The lowest BCUT2D eigenvalue weighted by molar-refractivity contribution is 0.355. The minimum atomic E-state index is 0.250. The molecule has 130 valence electrons. The van der Waals surface area contributed by atoms with Gasteiger partial charge in [-0.2, -0.15) is 0 Å². The van der Waals surface area contributed by atoms with Gasteiger partial charge in [-0.05, 0) is 42.7 Å². The number of fused-ring (bicyclic) bond motifs is 1. The first-order valence-corrected chi connectivity index (χ1v) is 8.16. The Balaban J connectivity index is 2.05. The summed E-state index contributed by atoms with van der Waals surface area (Å²) < 4.78 is 12.5. The third kappa shape index (κ3) is 3.33. The van der Waals surface area contributed by atoms with E-state index in [0.717, 1.165) is 22.7 Å². The number of pyridine rings is 1. The van der Waals surface area contributed by atoms with Crippen LogP contribution >= 0.6 is 0 Å². The zero-order valence-corrected chi connectivity index (χ0v) is 15.1. The highest BCUT2D eigenvalue weighted by Crippen LogP contribution is 2.33. The number of rotatable bonds is 5. The normalized spacial score (nSPS) is 11.6. The van der Waals surface area contributed by atoms with Crippen molar-refractivity contribution in [2.75, 3.05) is 14.2 Å². The molecule has 0 fully saturated rings. The van der Waals surface area contributed by atoms with Crippen LogP contribution in [0.5, 0.6) is 11.5 Å². The Morgan fingerprint density at radius 1 is 1.00 bits per heavy atom. The number of nitrogens with zero attached hydrogens (tertiary/aromatic N) is 4. The predicted octanol–water partition coefficient (Wildman–Crippen LogP) is 5.20. The molecular weight excluding hydrogens is 316 g/mol. The molecule has 0 aliphatic heterocycles. The molecule has 2 heterocycles. The van der Waals surface area contributed by atoms with Crippen LogP contribution in [-0.4, -0.2) is 23.6 Å². The van der Waals surface area contributed by atoms with Crippen LogP contribution in [0.25, 0.3) is 5.65 Å². The van der Waals surface area contributed by atoms with E-state index in [0.29, 0.717) is 17.2 Å². The fourth-order valence-corrected chi connectivity index (χ4v) is 2.63. The van der Waals surface area contributed by atoms with Gasteiger partial charge in [0.1, 0.15) is 5.65 Å². The van der Waals surface area contributed by atoms with E-state index in [2.05, 4.69) is 31.0 Å². The van der Waals surface area contributed by atoms with Crippen LogP contribution < -0.4 is 9.47 Å². The maximum Gasteiger partial charge on any atom is 0.183 e. The quantitative estimate of drug-likeness (QED) is 0.601. The van der Waals surface area contributed by atoms with Crippen LogP contribution in [0, 0.1) is 6.92 Å². The molecule has 0 unspecified atom stereocenters. The van der Waals surface area contributed by atoms with Gasteiger partial charge in [-0.25, -0.2) is 4.98 Å². The first-order chi connectivity index (χ1) is 12.0. The van der Waals surface area contributed by atoms with Crippen molar-refractivity contribution >= 4 is 17.2 Å². The molecule has 0 bridgehead atoms. The molecule has 0 radical (unpaired) electrons. The van der Waals surface area contributed by atoms with Crippen molar-refractivity contribution in [3.63, 3.8) is 0 Å². The van der Waals surface area contributed by atoms with Crippen LogP contribution in [-0.2, 0) is 0 Å². The molecule has 1 aromatic carbocycles. The van der Waals surface area contributed by atoms with E-state index in [1.165, 1.54) is 0 Å². The summed E-state index contributed by atoms with van der Waals surface area (Å²) in [6, 6.07) is 9.53. The Morgan fingerprint density at radius 3 is 2.44 bits per heavy atom. The first-order valence-electron chi connectivity index (χ1n) is 8.16. The van der Waals surface area contributed by atoms with Crippen molar-refractivity contribution in [1.29, 1.82) is 0 Å². The average molecular weight is 338 g/mol. The zero-order valence-electron chi connectivity index (χ0n) is 15.1. The molecule has 6 nitrogen and oxygen atoms in total. The number of azo groups is 1. The molecule has 6 heteroatoms. The third-order valence-electron chi connectivity index (χ3n) is 3.96. The lowest BCUT2D eigenvalue weighted by Crippen LogP contribution is -1.89. The van der Waals surface area contributed by atoms with Gasteiger partial charge in [0.05, 0.1) is 25.6 Å². The summed E-state index contributed by atoms with van der Waals surface area (Å²) in [4.78, 5) is 4.71. The summed E-state index contributed by atoms with van der Waals surface area (Å²) in [5, 5.41) is 8.85. The van der Waals surface area contributed by atoms with Crippen molar-refractivity contribution < 1.29 is 9.47 Å². The molecule has 0 N–H and O–H groups in total. The summed E-state index contributed by atoms with van der Waals surface area (Å²) in [6.07, 6.45) is 1.98. The summed E-state index contributed by atoms with van der Waals surface area (Å²) in [6.45, 7) is 6.25. The summed E-state index contributed by atoms with van der Waals surface area (Å²) >= 11 is 0. The van der Waals surface area contributed by atoms with Crippen molar-refractivity contribution in [2.24, 2.45) is 10.2 Å². The highest BCUT2D eigenvalue weighted by Gasteiger charge is 2.15. The average Bonchev–Trinajstić information content (AvgIpc) is 2.97. The zero-order chi connectivity index (χ0) is 18.0. The molecule has 0 saturated carbocycles. The van der Waals surface area contributed by atoms with Crippen LogP contribution in [0.3, 0.4) is 0 Å². The molecular formula is C19H22N4O2. The van der Waals surface area contributed by atoms with E-state index in [1.54, 1.807) is 20.3 Å². The van der Waals surface area contributed by atoms with E-state index < -0.39 is 0 Å². The minimum absolute atomic E-state index is 0.250. The van der Waals surface area contributed by atoms with Crippen LogP contribution in [0.4, 0.5) is 11.5 Å². The van der Waals surface area contributed by atoms with Gasteiger partial charge in [-0.1, -0.05) is 13.8 Å². The molecule has 0 saturated heterocycles. The fraction of sp³-hybridized carbons (Fsp3) is 0.316. The molecule has 2 aromatic heterocycles. The van der Waals surface area contributed by atoms with Gasteiger partial charge in [-0.15, -0.1) is 10.2 Å². The fourth-order valence-electron chi connectivity index (χ4n) is 2.63. The van der Waals surface area contributed by atoms with Crippen molar-refractivity contribution in [3.8, 4) is 11.5 Å². The number of aromatic nitrogens is 2. The second kappa shape index (κ2) is 6.93. The summed E-state index contributed by atoms with van der Waals surface area (Å²) in [5.41, 5.74) is 3.66. The van der Waals surface area contributed by atoms with Crippen LogP contribution in [0.1, 0.15) is 31.0 Å². The van der Waals surface area contributed by atoms with E-state index >= 15 is 0 Å². The van der Waals surface area contributed by atoms with Crippen LogP contribution in [0.2, 0.25) is 0 Å². The third-order valence-corrected chi connectivity index (χ3v) is 3.96. The Hall–Kier alpha value is -2.89. The van der Waals surface area contributed by atoms with Crippen molar-refractivity contribution in [1.82, 2.24) is 9.38 Å². The number of hydrogen-bond donors (Lipinski definition) is 0. The molecule has 3 rings (SSSR count). The van der Waals surface area contributed by atoms with Crippen molar-refractivity contribution in [3.05, 3.63) is 47.8 Å². The number of benzene rings is 1. The second-order valence-electron chi connectivity index (χ2n) is 6.15. The molecule has 0 atom stereocenters. The van der Waals surface area contributed by atoms with Gasteiger partial charge in [0.25, 0.3) is 0 Å². The Kier molecular flexibility index (Phi) is 4.70. The van der Waals surface area contributed by atoms with E-state index in [4.69, 9.17) is 14.5 Å². The number of imidazole rings is 1. The minimum Gasteiger partial charge on any atom is -0.493 e. The number of methoxy groups -OCH3 is 2. The molecule has 3 aromatic rings. The standard InChI is InChI=1S/C19H22N4O2/c1-12(2)18-19(23-9-8-13(3)10-17(23)20-18)22-21-14-6-7-15(24-4)16(11-14)25-5/h6-12H,1-5H3. The van der Waals surface area contributed by atoms with E-state index in [-0.39, 0.29) is 5.92 Å². The first kappa shape index (κ1) is 17.0. The molecule has 0 spiro atoms. The summed E-state index contributed by atoms with van der Waals surface area (Å²) in [5.74, 6) is 2.28. The number of hydrogen-bond acceptors (Lipinski definition) is 5. The topological polar surface area (TPSA) is 60.5 Å². The van der Waals surface area contributed by atoms with Crippen LogP contribution in [0.15, 0.2) is 46.8 Å². The molecule has 0 aliphatic rings. The van der Waals surface area contributed by atoms with Gasteiger partial charge in [0.2, 0.25) is 0 Å². The van der Waals surface area contributed by atoms with Gasteiger partial charge >= 0.3 is 0 Å². The molecule has 0 amide bonds. The maximum atomic E-state index is 5.32. The Bertz CT molecular complexity index is 929. The van der Waals surface area contributed by atoms with E-state index in [1.807, 2.05) is 34.9 Å². The van der Waals surface area contributed by atoms with Gasteiger partial charge in [-0.3, -0.25) is 4.40 Å². The lowest BCUT2D eigenvalue weighted by Gasteiger charge is -2.07. The van der Waals surface area contributed by atoms with Gasteiger partial charge in [0, 0.05) is 12.3 Å². The monoisotopic (exact) mass is 338 g/mol. The number of aryl methyl sites for hydroxylation is 1. The second-order valence-corrected chi connectivity index (χ2v) is 6.15. The highest BCUT2D eigenvalue weighted by molar-refractivity contribution is 5.55. The SMILES string of the molecule is COc1ccc(N=Nc2c(C(C)C)nc3cc(C)ccn23)cc1OC.